The van der Waals surface area contributed by atoms with Crippen LogP contribution in [0.1, 0.15) is 41.8 Å². The van der Waals surface area contributed by atoms with Crippen molar-refractivity contribution in [3.8, 4) is 0 Å². The van der Waals surface area contributed by atoms with Gasteiger partial charge in [0.2, 0.25) is 5.91 Å². The third kappa shape index (κ3) is 2.56. The normalized spacial score (nSPS) is 14.0. The van der Waals surface area contributed by atoms with Crippen LogP contribution >= 0.6 is 11.6 Å². The molecule has 98 valence electrons. The molecule has 18 heavy (non-hydrogen) atoms. The van der Waals surface area contributed by atoms with Gasteiger partial charge in [0.25, 0.3) is 0 Å². The highest BCUT2D eigenvalue weighted by Crippen LogP contribution is 2.32. The molecule has 0 aliphatic carbocycles. The largest absolute Gasteiger partial charge is 0.366 e. The molecular formula is C14H18ClNO2. The monoisotopic (exact) mass is 267 g/mol. The van der Waals surface area contributed by atoms with Crippen molar-refractivity contribution in [2.45, 2.75) is 32.6 Å². The Morgan fingerprint density at radius 2 is 2.00 bits per heavy atom. The van der Waals surface area contributed by atoms with Gasteiger partial charge in [0.1, 0.15) is 0 Å². The number of rotatable bonds is 5. The quantitative estimate of drug-likeness (QED) is 0.834. The number of benzene rings is 1. The van der Waals surface area contributed by atoms with E-state index in [4.69, 9.17) is 17.3 Å². The Bertz CT molecular complexity index is 485. The van der Waals surface area contributed by atoms with E-state index in [1.165, 1.54) is 0 Å². The van der Waals surface area contributed by atoms with Gasteiger partial charge in [-0.3, -0.25) is 9.59 Å². The van der Waals surface area contributed by atoms with Gasteiger partial charge in [0.05, 0.1) is 11.3 Å². The molecule has 1 rings (SSSR count). The predicted octanol–water partition coefficient (Wildman–Crippen LogP) is 2.57. The molecule has 0 aromatic heterocycles. The smallest absolute Gasteiger partial charge is 0.249 e. The number of carbonyl (C=O) groups excluding carboxylic acids is 2. The average Bonchev–Trinajstić information content (AvgIpc) is 2.36. The van der Waals surface area contributed by atoms with E-state index in [2.05, 4.69) is 0 Å². The van der Waals surface area contributed by atoms with Crippen LogP contribution in [0.2, 0.25) is 0 Å². The van der Waals surface area contributed by atoms with Crippen molar-refractivity contribution in [1.82, 2.24) is 0 Å². The Hall–Kier alpha value is -1.35. The summed E-state index contributed by atoms with van der Waals surface area (Å²) in [6.07, 6.45) is 0.572. The number of nitrogens with two attached hydrogens (primary N) is 1. The summed E-state index contributed by atoms with van der Waals surface area (Å²) in [7, 11) is 0. The average molecular weight is 268 g/mol. The first-order valence-corrected chi connectivity index (χ1v) is 6.40. The first kappa shape index (κ1) is 14.7. The number of ketones is 1. The third-order valence-corrected chi connectivity index (χ3v) is 3.72. The standard InChI is InChI=1S/C14H18ClNO2/c1-4-14(3,12(17)8-15)11-7-9(2)5-6-10(11)13(16)18/h5-7H,4,8H2,1-3H3,(H2,16,18). The van der Waals surface area contributed by atoms with E-state index in [0.717, 1.165) is 5.56 Å². The van der Waals surface area contributed by atoms with E-state index in [0.29, 0.717) is 17.5 Å². The van der Waals surface area contributed by atoms with Gasteiger partial charge in [-0.2, -0.15) is 0 Å². The molecule has 3 nitrogen and oxygen atoms in total. The van der Waals surface area contributed by atoms with E-state index in [1.807, 2.05) is 26.0 Å². The molecule has 0 spiro atoms. The first-order chi connectivity index (χ1) is 8.36. The molecule has 0 aliphatic heterocycles. The summed E-state index contributed by atoms with van der Waals surface area (Å²) in [5.41, 5.74) is 6.65. The lowest BCUT2D eigenvalue weighted by atomic mass is 9.74. The topological polar surface area (TPSA) is 60.2 Å². The second-order valence-corrected chi connectivity index (χ2v) is 4.92. The highest BCUT2D eigenvalue weighted by molar-refractivity contribution is 6.29. The Labute approximate surface area is 112 Å². The zero-order valence-corrected chi connectivity index (χ0v) is 11.7. The maximum Gasteiger partial charge on any atom is 0.249 e. The van der Waals surface area contributed by atoms with Crippen molar-refractivity contribution < 1.29 is 9.59 Å². The van der Waals surface area contributed by atoms with Gasteiger partial charge in [-0.05, 0) is 31.9 Å². The van der Waals surface area contributed by atoms with Crippen LogP contribution in [-0.4, -0.2) is 17.6 Å². The lowest BCUT2D eigenvalue weighted by Gasteiger charge is -2.28. The minimum Gasteiger partial charge on any atom is -0.366 e. The van der Waals surface area contributed by atoms with Crippen molar-refractivity contribution in [3.05, 3.63) is 34.9 Å². The summed E-state index contributed by atoms with van der Waals surface area (Å²) in [6.45, 7) is 5.62. The van der Waals surface area contributed by atoms with Gasteiger partial charge in [-0.1, -0.05) is 24.6 Å². The molecule has 0 bridgehead atoms. The fourth-order valence-corrected chi connectivity index (χ4v) is 2.31. The van der Waals surface area contributed by atoms with Crippen molar-refractivity contribution in [2.24, 2.45) is 5.73 Å². The lowest BCUT2D eigenvalue weighted by molar-refractivity contribution is -0.121. The molecule has 0 saturated carbocycles. The van der Waals surface area contributed by atoms with Crippen LogP contribution in [0.3, 0.4) is 0 Å². The Morgan fingerprint density at radius 3 is 2.44 bits per heavy atom. The van der Waals surface area contributed by atoms with Crippen LogP contribution in [0.4, 0.5) is 0 Å². The van der Waals surface area contributed by atoms with E-state index >= 15 is 0 Å². The SMILES string of the molecule is CCC(C)(C(=O)CCl)c1cc(C)ccc1C(N)=O. The van der Waals surface area contributed by atoms with Crippen molar-refractivity contribution in [2.75, 3.05) is 5.88 Å². The molecular weight excluding hydrogens is 250 g/mol. The van der Waals surface area contributed by atoms with E-state index < -0.39 is 11.3 Å². The number of halogens is 1. The van der Waals surface area contributed by atoms with E-state index in [9.17, 15) is 9.59 Å². The minimum atomic E-state index is -0.766. The number of hydrogen-bond acceptors (Lipinski definition) is 2. The Morgan fingerprint density at radius 1 is 1.39 bits per heavy atom. The van der Waals surface area contributed by atoms with Crippen molar-refractivity contribution >= 4 is 23.3 Å². The van der Waals surface area contributed by atoms with Gasteiger partial charge in [0.15, 0.2) is 5.78 Å². The van der Waals surface area contributed by atoms with Crippen LogP contribution in [0, 0.1) is 6.92 Å². The zero-order chi connectivity index (χ0) is 13.9. The summed E-state index contributed by atoms with van der Waals surface area (Å²) >= 11 is 5.67. The van der Waals surface area contributed by atoms with Crippen LogP contribution < -0.4 is 5.73 Å². The number of alkyl halides is 1. The van der Waals surface area contributed by atoms with Gasteiger partial charge < -0.3 is 5.73 Å². The predicted molar refractivity (Wildman–Crippen MR) is 73.1 cm³/mol. The van der Waals surface area contributed by atoms with Crippen LogP contribution in [-0.2, 0) is 10.2 Å². The van der Waals surface area contributed by atoms with E-state index in [-0.39, 0.29) is 11.7 Å². The van der Waals surface area contributed by atoms with Crippen LogP contribution in [0.15, 0.2) is 18.2 Å². The molecule has 0 radical (unpaired) electrons. The number of aryl methyl sites for hydroxylation is 1. The van der Waals surface area contributed by atoms with Gasteiger partial charge in [-0.15, -0.1) is 11.6 Å². The molecule has 0 aliphatic rings. The van der Waals surface area contributed by atoms with Crippen molar-refractivity contribution in [1.29, 1.82) is 0 Å². The third-order valence-electron chi connectivity index (χ3n) is 3.48. The lowest BCUT2D eigenvalue weighted by Crippen LogP contribution is -2.35. The fourth-order valence-electron chi connectivity index (χ4n) is 2.01. The van der Waals surface area contributed by atoms with Gasteiger partial charge in [0, 0.05) is 5.56 Å². The first-order valence-electron chi connectivity index (χ1n) is 5.87. The molecule has 0 saturated heterocycles. The molecule has 1 aromatic rings. The molecule has 1 amide bonds. The number of hydrogen-bond donors (Lipinski definition) is 1. The number of carbonyl (C=O) groups is 2. The Balaban J connectivity index is 3.50. The van der Waals surface area contributed by atoms with E-state index in [1.54, 1.807) is 13.0 Å². The van der Waals surface area contributed by atoms with Crippen LogP contribution in [0.5, 0.6) is 0 Å². The maximum atomic E-state index is 12.1. The van der Waals surface area contributed by atoms with Crippen molar-refractivity contribution in [3.63, 3.8) is 0 Å². The molecule has 1 aromatic carbocycles. The maximum absolute atomic E-state index is 12.1. The molecule has 1 atom stereocenters. The number of primary amides is 1. The number of Topliss-reactive ketones (excluding diaryl/α,β-unsaturated/α-hetero) is 1. The van der Waals surface area contributed by atoms with Crippen LogP contribution in [0.25, 0.3) is 0 Å². The summed E-state index contributed by atoms with van der Waals surface area (Å²) in [5, 5.41) is 0. The fraction of sp³-hybridized carbons (Fsp3) is 0.429. The Kier molecular flexibility index (Phi) is 4.52. The summed E-state index contributed by atoms with van der Waals surface area (Å²) in [5.74, 6) is -0.692. The second kappa shape index (κ2) is 5.53. The summed E-state index contributed by atoms with van der Waals surface area (Å²) in [4.78, 5) is 23.6. The molecule has 0 fully saturated rings. The molecule has 4 heteroatoms. The minimum absolute atomic E-state index is 0.0729. The molecule has 0 heterocycles. The number of amides is 1. The highest BCUT2D eigenvalue weighted by atomic mass is 35.5. The van der Waals surface area contributed by atoms with Gasteiger partial charge in [-0.25, -0.2) is 0 Å². The zero-order valence-electron chi connectivity index (χ0n) is 10.9. The highest BCUT2D eigenvalue weighted by Gasteiger charge is 2.35. The van der Waals surface area contributed by atoms with Gasteiger partial charge >= 0.3 is 0 Å². The molecule has 2 N–H and O–H groups in total. The second-order valence-electron chi connectivity index (χ2n) is 4.66. The summed E-state index contributed by atoms with van der Waals surface area (Å²) < 4.78 is 0. The summed E-state index contributed by atoms with van der Waals surface area (Å²) in [6, 6.07) is 5.32. The molecule has 1 unspecified atom stereocenters.